The average Bonchev–Trinajstić information content (AvgIpc) is 2.84. The molecule has 102 valence electrons. The van der Waals surface area contributed by atoms with Crippen LogP contribution >= 0.6 is 15.9 Å². The smallest absolute Gasteiger partial charge is 0.0483 e. The summed E-state index contributed by atoms with van der Waals surface area (Å²) in [6.07, 6.45) is 2.17. The van der Waals surface area contributed by atoms with Gasteiger partial charge in [0.25, 0.3) is 0 Å². The number of hydrogen-bond acceptors (Lipinski definition) is 1. The van der Waals surface area contributed by atoms with Crippen molar-refractivity contribution in [3.8, 4) is 0 Å². The average molecular weight is 329 g/mol. The molecule has 0 aliphatic rings. The molecule has 0 radical (unpaired) electrons. The number of aromatic nitrogens is 1. The van der Waals surface area contributed by atoms with Gasteiger partial charge in [0.15, 0.2) is 0 Å². The first kappa shape index (κ1) is 13.3. The highest BCUT2D eigenvalue weighted by Crippen LogP contribution is 2.20. The molecule has 3 rings (SSSR count). The first-order chi connectivity index (χ1) is 9.74. The van der Waals surface area contributed by atoms with Gasteiger partial charge in [-0.15, -0.1) is 0 Å². The van der Waals surface area contributed by atoms with E-state index < -0.39 is 0 Å². The first-order valence-electron chi connectivity index (χ1n) is 6.78. The van der Waals surface area contributed by atoms with Crippen molar-refractivity contribution >= 4 is 32.5 Å². The summed E-state index contributed by atoms with van der Waals surface area (Å²) in [5.41, 5.74) is 3.79. The monoisotopic (exact) mass is 328 g/mol. The first-order valence-corrected chi connectivity index (χ1v) is 7.57. The van der Waals surface area contributed by atoms with E-state index in [1.165, 1.54) is 16.5 Å². The van der Waals surface area contributed by atoms with E-state index in [4.69, 9.17) is 0 Å². The summed E-state index contributed by atoms with van der Waals surface area (Å²) >= 11 is 3.49. The molecule has 0 saturated heterocycles. The topological polar surface area (TPSA) is 17.0 Å². The second kappa shape index (κ2) is 5.71. The Bertz CT molecular complexity index is 731. The number of hydrogen-bond donors (Lipinski definition) is 1. The quantitative estimate of drug-likeness (QED) is 0.726. The number of anilines is 1. The summed E-state index contributed by atoms with van der Waals surface area (Å²) in [6, 6.07) is 16.9. The molecule has 0 amide bonds. The van der Waals surface area contributed by atoms with Gasteiger partial charge in [-0.3, -0.25) is 0 Å². The molecule has 0 spiro atoms. The summed E-state index contributed by atoms with van der Waals surface area (Å²) in [6.45, 7) is 4.03. The predicted octanol–water partition coefficient (Wildman–Crippen LogP) is 4.82. The zero-order valence-electron chi connectivity index (χ0n) is 11.4. The maximum absolute atomic E-state index is 3.49. The molecule has 0 fully saturated rings. The van der Waals surface area contributed by atoms with Crippen LogP contribution in [0, 0.1) is 6.92 Å². The van der Waals surface area contributed by atoms with Gasteiger partial charge in [0.2, 0.25) is 0 Å². The standard InChI is InChI=1S/C17H17BrN2/c1-13-4-2-7-17-16(13)8-10-20(17)11-9-19-15-6-3-5-14(18)12-15/h2-8,10,12,19H,9,11H2,1H3. The number of nitrogens with one attached hydrogen (secondary N) is 1. The molecule has 0 saturated carbocycles. The van der Waals surface area contributed by atoms with Crippen LogP contribution in [0.5, 0.6) is 0 Å². The predicted molar refractivity (Wildman–Crippen MR) is 89.3 cm³/mol. The molecule has 2 aromatic carbocycles. The molecule has 0 aliphatic carbocycles. The molecular weight excluding hydrogens is 312 g/mol. The number of rotatable bonds is 4. The van der Waals surface area contributed by atoms with Crippen LogP contribution < -0.4 is 5.32 Å². The Balaban J connectivity index is 1.70. The van der Waals surface area contributed by atoms with Crippen LogP contribution in [0.2, 0.25) is 0 Å². The number of aryl methyl sites for hydroxylation is 1. The zero-order chi connectivity index (χ0) is 13.9. The molecule has 0 atom stereocenters. The van der Waals surface area contributed by atoms with E-state index in [0.717, 1.165) is 23.2 Å². The van der Waals surface area contributed by atoms with Crippen molar-refractivity contribution < 1.29 is 0 Å². The third kappa shape index (κ3) is 2.73. The van der Waals surface area contributed by atoms with Crippen LogP contribution in [0.4, 0.5) is 5.69 Å². The minimum atomic E-state index is 0.911. The fourth-order valence-electron chi connectivity index (χ4n) is 2.49. The van der Waals surface area contributed by atoms with Crippen LogP contribution in [0.25, 0.3) is 10.9 Å². The Morgan fingerprint density at radius 2 is 1.95 bits per heavy atom. The van der Waals surface area contributed by atoms with Gasteiger partial charge < -0.3 is 9.88 Å². The molecule has 1 aromatic heterocycles. The largest absolute Gasteiger partial charge is 0.383 e. The van der Waals surface area contributed by atoms with Gasteiger partial charge in [0.1, 0.15) is 0 Å². The van der Waals surface area contributed by atoms with Crippen molar-refractivity contribution in [1.29, 1.82) is 0 Å². The summed E-state index contributed by atoms with van der Waals surface area (Å²) in [4.78, 5) is 0. The van der Waals surface area contributed by atoms with Crippen molar-refractivity contribution in [2.24, 2.45) is 0 Å². The van der Waals surface area contributed by atoms with Gasteiger partial charge >= 0.3 is 0 Å². The third-order valence-corrected chi connectivity index (χ3v) is 4.03. The molecule has 3 heteroatoms. The van der Waals surface area contributed by atoms with Gasteiger partial charge in [-0.2, -0.15) is 0 Å². The zero-order valence-corrected chi connectivity index (χ0v) is 13.0. The third-order valence-electron chi connectivity index (χ3n) is 3.54. The van der Waals surface area contributed by atoms with E-state index in [0.29, 0.717) is 0 Å². The lowest BCUT2D eigenvalue weighted by atomic mass is 10.1. The van der Waals surface area contributed by atoms with E-state index in [-0.39, 0.29) is 0 Å². The lowest BCUT2D eigenvalue weighted by Crippen LogP contribution is -2.09. The summed E-state index contributed by atoms with van der Waals surface area (Å²) < 4.78 is 3.40. The van der Waals surface area contributed by atoms with Crippen LogP contribution in [0.1, 0.15) is 5.56 Å². The number of fused-ring (bicyclic) bond motifs is 1. The fraction of sp³-hybridized carbons (Fsp3) is 0.176. The van der Waals surface area contributed by atoms with Gasteiger partial charge in [0.05, 0.1) is 0 Å². The number of nitrogens with zero attached hydrogens (tertiary/aromatic N) is 1. The fourth-order valence-corrected chi connectivity index (χ4v) is 2.89. The molecule has 0 bridgehead atoms. The highest BCUT2D eigenvalue weighted by atomic mass is 79.9. The van der Waals surface area contributed by atoms with Gasteiger partial charge in [0, 0.05) is 40.3 Å². The second-order valence-electron chi connectivity index (χ2n) is 4.95. The minimum Gasteiger partial charge on any atom is -0.383 e. The molecule has 0 aliphatic heterocycles. The van der Waals surface area contributed by atoms with Gasteiger partial charge in [-0.05, 0) is 42.8 Å². The lowest BCUT2D eigenvalue weighted by molar-refractivity contribution is 0.757. The second-order valence-corrected chi connectivity index (χ2v) is 5.87. The van der Waals surface area contributed by atoms with E-state index >= 15 is 0 Å². The Hall–Kier alpha value is -1.74. The summed E-state index contributed by atoms with van der Waals surface area (Å²) in [7, 11) is 0. The van der Waals surface area contributed by atoms with Crippen molar-refractivity contribution in [3.63, 3.8) is 0 Å². The molecule has 2 nitrogen and oxygen atoms in total. The molecule has 1 heterocycles. The van der Waals surface area contributed by atoms with Crippen molar-refractivity contribution in [2.45, 2.75) is 13.5 Å². The lowest BCUT2D eigenvalue weighted by Gasteiger charge is -2.09. The maximum atomic E-state index is 3.49. The van der Waals surface area contributed by atoms with Crippen LogP contribution in [0.15, 0.2) is 59.2 Å². The Morgan fingerprint density at radius 1 is 1.10 bits per heavy atom. The Morgan fingerprint density at radius 3 is 2.80 bits per heavy atom. The molecule has 3 aromatic rings. The number of benzene rings is 2. The molecule has 0 unspecified atom stereocenters. The molecule has 1 N–H and O–H groups in total. The van der Waals surface area contributed by atoms with Crippen LogP contribution in [-0.4, -0.2) is 11.1 Å². The van der Waals surface area contributed by atoms with Crippen LogP contribution in [-0.2, 0) is 6.54 Å². The van der Waals surface area contributed by atoms with Crippen molar-refractivity contribution in [1.82, 2.24) is 4.57 Å². The van der Waals surface area contributed by atoms with Gasteiger partial charge in [-0.25, -0.2) is 0 Å². The summed E-state index contributed by atoms with van der Waals surface area (Å²) in [5.74, 6) is 0. The summed E-state index contributed by atoms with van der Waals surface area (Å²) in [5, 5.41) is 4.79. The molecular formula is C17H17BrN2. The Kier molecular flexibility index (Phi) is 3.79. The highest BCUT2D eigenvalue weighted by molar-refractivity contribution is 9.10. The number of halogens is 1. The van der Waals surface area contributed by atoms with E-state index in [1.54, 1.807) is 0 Å². The van der Waals surface area contributed by atoms with E-state index in [9.17, 15) is 0 Å². The van der Waals surface area contributed by atoms with Crippen LogP contribution in [0.3, 0.4) is 0 Å². The Labute approximate surface area is 127 Å². The van der Waals surface area contributed by atoms with Crippen molar-refractivity contribution in [3.05, 3.63) is 64.8 Å². The van der Waals surface area contributed by atoms with E-state index in [1.807, 2.05) is 12.1 Å². The SMILES string of the molecule is Cc1cccc2c1ccn2CCNc1cccc(Br)c1. The molecule has 20 heavy (non-hydrogen) atoms. The minimum absolute atomic E-state index is 0.911. The van der Waals surface area contributed by atoms with Gasteiger partial charge in [-0.1, -0.05) is 34.1 Å². The highest BCUT2D eigenvalue weighted by Gasteiger charge is 2.02. The van der Waals surface area contributed by atoms with Crippen molar-refractivity contribution in [2.75, 3.05) is 11.9 Å². The maximum Gasteiger partial charge on any atom is 0.0483 e. The normalized spacial score (nSPS) is 10.9. The van der Waals surface area contributed by atoms with E-state index in [2.05, 4.69) is 75.3 Å².